The van der Waals surface area contributed by atoms with Crippen LogP contribution in [0.5, 0.6) is 0 Å². The van der Waals surface area contributed by atoms with Gasteiger partial charge in [-0.1, -0.05) is 19.1 Å². The smallest absolute Gasteiger partial charge is 0.242 e. The Labute approximate surface area is 114 Å². The Morgan fingerprint density at radius 3 is 2.84 bits per heavy atom. The molecule has 5 nitrogen and oxygen atoms in total. The molecule has 1 atom stereocenters. The summed E-state index contributed by atoms with van der Waals surface area (Å²) < 4.78 is 32.3. The van der Waals surface area contributed by atoms with Crippen molar-refractivity contribution in [3.63, 3.8) is 0 Å². The molecular weight excluding hydrogens is 264 g/mol. The van der Waals surface area contributed by atoms with Crippen molar-refractivity contribution in [2.45, 2.75) is 30.7 Å². The molecule has 0 saturated carbocycles. The summed E-state index contributed by atoms with van der Waals surface area (Å²) in [5.74, 6) is 0. The molecule has 1 unspecified atom stereocenters. The Morgan fingerprint density at radius 2 is 2.16 bits per heavy atom. The van der Waals surface area contributed by atoms with Crippen LogP contribution in [0.4, 0.5) is 5.69 Å². The minimum absolute atomic E-state index is 0.183. The van der Waals surface area contributed by atoms with Crippen molar-refractivity contribution >= 4 is 15.7 Å². The van der Waals surface area contributed by atoms with Gasteiger partial charge in [-0.2, -0.15) is 0 Å². The first-order valence-electron chi connectivity index (χ1n) is 6.56. The van der Waals surface area contributed by atoms with Crippen LogP contribution in [-0.4, -0.2) is 34.2 Å². The zero-order valence-corrected chi connectivity index (χ0v) is 11.9. The highest BCUT2D eigenvalue weighted by Gasteiger charge is 2.21. The minimum Gasteiger partial charge on any atom is -0.379 e. The van der Waals surface area contributed by atoms with E-state index in [9.17, 15) is 8.42 Å². The van der Waals surface area contributed by atoms with E-state index in [1.54, 1.807) is 18.2 Å². The highest BCUT2D eigenvalue weighted by molar-refractivity contribution is 7.89. The predicted octanol–water partition coefficient (Wildman–Crippen LogP) is 1.58. The van der Waals surface area contributed by atoms with Gasteiger partial charge in [0.1, 0.15) is 4.90 Å². The van der Waals surface area contributed by atoms with Crippen molar-refractivity contribution < 1.29 is 13.2 Å². The number of sulfonamides is 1. The maximum Gasteiger partial charge on any atom is 0.242 e. The van der Waals surface area contributed by atoms with Gasteiger partial charge >= 0.3 is 0 Å². The quantitative estimate of drug-likeness (QED) is 0.832. The molecule has 1 aromatic carbocycles. The first-order valence-corrected chi connectivity index (χ1v) is 8.05. The van der Waals surface area contributed by atoms with Crippen molar-refractivity contribution in [2.24, 2.45) is 0 Å². The lowest BCUT2D eigenvalue weighted by atomic mass is 10.2. The van der Waals surface area contributed by atoms with Crippen LogP contribution < -0.4 is 10.0 Å². The number of nitrogens with one attached hydrogen (secondary N) is 2. The molecule has 1 fully saturated rings. The van der Waals surface area contributed by atoms with Gasteiger partial charge in [0.2, 0.25) is 10.0 Å². The van der Waals surface area contributed by atoms with Crippen molar-refractivity contribution in [3.05, 3.63) is 24.3 Å². The number of rotatable bonds is 6. The summed E-state index contributed by atoms with van der Waals surface area (Å²) in [5, 5.41) is 3.25. The van der Waals surface area contributed by atoms with E-state index in [0.717, 1.165) is 19.4 Å². The molecule has 1 aliphatic rings. The third kappa shape index (κ3) is 3.68. The summed E-state index contributed by atoms with van der Waals surface area (Å²) in [7, 11) is -3.45. The molecule has 0 aromatic heterocycles. The second-order valence-electron chi connectivity index (χ2n) is 4.60. The number of para-hydroxylation sites is 1. The summed E-state index contributed by atoms with van der Waals surface area (Å²) in [6.45, 7) is 3.73. The Morgan fingerprint density at radius 1 is 1.37 bits per heavy atom. The molecule has 1 saturated heterocycles. The fourth-order valence-corrected chi connectivity index (χ4v) is 3.31. The zero-order valence-electron chi connectivity index (χ0n) is 11.1. The van der Waals surface area contributed by atoms with Crippen molar-refractivity contribution in [1.82, 2.24) is 4.72 Å². The lowest BCUT2D eigenvalue weighted by Crippen LogP contribution is -2.27. The van der Waals surface area contributed by atoms with E-state index < -0.39 is 10.0 Å². The minimum atomic E-state index is -3.45. The van der Waals surface area contributed by atoms with Crippen LogP contribution in [0.25, 0.3) is 0 Å². The lowest BCUT2D eigenvalue weighted by Gasteiger charge is -2.16. The van der Waals surface area contributed by atoms with E-state index in [2.05, 4.69) is 10.0 Å². The average molecular weight is 284 g/mol. The Balaban J connectivity index is 2.19. The van der Waals surface area contributed by atoms with E-state index in [1.807, 2.05) is 13.0 Å². The van der Waals surface area contributed by atoms with E-state index >= 15 is 0 Å². The number of hydrogen-bond acceptors (Lipinski definition) is 4. The topological polar surface area (TPSA) is 67.4 Å². The molecule has 0 radical (unpaired) electrons. The van der Waals surface area contributed by atoms with Gasteiger partial charge in [-0.15, -0.1) is 0 Å². The monoisotopic (exact) mass is 284 g/mol. The third-order valence-corrected chi connectivity index (χ3v) is 4.53. The van der Waals surface area contributed by atoms with Gasteiger partial charge in [0.15, 0.2) is 0 Å². The fourth-order valence-electron chi connectivity index (χ4n) is 2.00. The molecule has 0 bridgehead atoms. The van der Waals surface area contributed by atoms with Gasteiger partial charge in [-0.25, -0.2) is 13.1 Å². The zero-order chi connectivity index (χ0) is 13.7. The standard InChI is InChI=1S/C13H20N2O3S/c1-2-8-14-19(16,17)13-6-4-3-5-12(13)15-11-7-9-18-10-11/h3-6,11,14-15H,2,7-10H2,1H3. The molecule has 1 heterocycles. The Hall–Kier alpha value is -1.11. The molecule has 106 valence electrons. The molecule has 0 spiro atoms. The maximum atomic E-state index is 12.2. The predicted molar refractivity (Wildman–Crippen MR) is 74.8 cm³/mol. The van der Waals surface area contributed by atoms with Crippen molar-refractivity contribution in [2.75, 3.05) is 25.1 Å². The molecule has 19 heavy (non-hydrogen) atoms. The summed E-state index contributed by atoms with van der Waals surface area (Å²) in [4.78, 5) is 0.301. The normalized spacial score (nSPS) is 19.5. The first-order chi connectivity index (χ1) is 9.13. The average Bonchev–Trinajstić information content (AvgIpc) is 2.90. The number of anilines is 1. The summed E-state index contributed by atoms with van der Waals surface area (Å²) in [5.41, 5.74) is 0.640. The van der Waals surface area contributed by atoms with Crippen LogP contribution in [0.2, 0.25) is 0 Å². The second-order valence-corrected chi connectivity index (χ2v) is 6.33. The van der Waals surface area contributed by atoms with Gasteiger partial charge in [0.05, 0.1) is 18.3 Å². The third-order valence-electron chi connectivity index (χ3n) is 3.01. The van der Waals surface area contributed by atoms with Crippen molar-refractivity contribution in [3.8, 4) is 0 Å². The SMILES string of the molecule is CCCNS(=O)(=O)c1ccccc1NC1CCOC1. The first kappa shape index (κ1) is 14.3. The molecule has 1 aromatic rings. The highest BCUT2D eigenvalue weighted by Crippen LogP contribution is 2.23. The summed E-state index contributed by atoms with van der Waals surface area (Å²) in [6, 6.07) is 7.16. The molecule has 0 amide bonds. The molecule has 6 heteroatoms. The molecule has 2 N–H and O–H groups in total. The molecular formula is C13H20N2O3S. The van der Waals surface area contributed by atoms with Crippen LogP contribution >= 0.6 is 0 Å². The summed E-state index contributed by atoms with van der Waals surface area (Å²) >= 11 is 0. The Kier molecular flexibility index (Phi) is 4.79. The van der Waals surface area contributed by atoms with Crippen LogP contribution in [0.15, 0.2) is 29.2 Å². The largest absolute Gasteiger partial charge is 0.379 e. The fraction of sp³-hybridized carbons (Fsp3) is 0.538. The Bertz CT molecular complexity index is 510. The molecule has 2 rings (SSSR count). The van der Waals surface area contributed by atoms with Crippen LogP contribution in [-0.2, 0) is 14.8 Å². The van der Waals surface area contributed by atoms with E-state index in [0.29, 0.717) is 23.7 Å². The number of ether oxygens (including phenoxy) is 1. The maximum absolute atomic E-state index is 12.2. The second kappa shape index (κ2) is 6.36. The van der Waals surface area contributed by atoms with Gasteiger partial charge in [-0.05, 0) is 25.0 Å². The van der Waals surface area contributed by atoms with Crippen LogP contribution in [0, 0.1) is 0 Å². The molecule has 1 aliphatic heterocycles. The van der Waals surface area contributed by atoms with Gasteiger partial charge in [0.25, 0.3) is 0 Å². The van der Waals surface area contributed by atoms with E-state index in [1.165, 1.54) is 0 Å². The number of hydrogen-bond donors (Lipinski definition) is 2. The lowest BCUT2D eigenvalue weighted by molar-refractivity contribution is 0.195. The summed E-state index contributed by atoms with van der Waals surface area (Å²) in [6.07, 6.45) is 1.67. The van der Waals surface area contributed by atoms with Gasteiger partial charge < -0.3 is 10.1 Å². The van der Waals surface area contributed by atoms with Gasteiger partial charge in [0, 0.05) is 13.2 Å². The van der Waals surface area contributed by atoms with Crippen LogP contribution in [0.3, 0.4) is 0 Å². The number of benzene rings is 1. The van der Waals surface area contributed by atoms with Crippen LogP contribution in [0.1, 0.15) is 19.8 Å². The van der Waals surface area contributed by atoms with E-state index in [-0.39, 0.29) is 6.04 Å². The highest BCUT2D eigenvalue weighted by atomic mass is 32.2. The van der Waals surface area contributed by atoms with Crippen molar-refractivity contribution in [1.29, 1.82) is 0 Å². The van der Waals surface area contributed by atoms with E-state index in [4.69, 9.17) is 4.74 Å². The van der Waals surface area contributed by atoms with Gasteiger partial charge in [-0.3, -0.25) is 0 Å². The molecule has 0 aliphatic carbocycles.